The molecule has 174 valence electrons. The van der Waals surface area contributed by atoms with Crippen LogP contribution in [0.5, 0.6) is 0 Å². The summed E-state index contributed by atoms with van der Waals surface area (Å²) in [7, 11) is 0. The average Bonchev–Trinajstić information content (AvgIpc) is 3.33. The highest BCUT2D eigenvalue weighted by Crippen LogP contribution is 2.21. The Hall–Kier alpha value is -4.07. The summed E-state index contributed by atoms with van der Waals surface area (Å²) in [4.78, 5) is 21.7. The first-order valence-corrected chi connectivity index (χ1v) is 11.3. The molecule has 4 aromatic rings. The predicted molar refractivity (Wildman–Crippen MR) is 130 cm³/mol. The SMILES string of the molecule is CCN(CC)c1ccc(CN(C(=O)c2cn(Cc3ccccc3)nn2)c2ccc(F)cc2)cn1. The largest absolute Gasteiger partial charge is 0.357 e. The molecule has 0 aliphatic heterocycles. The lowest BCUT2D eigenvalue weighted by Gasteiger charge is -2.23. The van der Waals surface area contributed by atoms with Gasteiger partial charge in [-0.15, -0.1) is 5.10 Å². The molecule has 1 amide bonds. The van der Waals surface area contributed by atoms with Gasteiger partial charge in [0, 0.05) is 25.0 Å². The summed E-state index contributed by atoms with van der Waals surface area (Å²) in [5.41, 5.74) is 2.69. The van der Waals surface area contributed by atoms with Gasteiger partial charge in [0.15, 0.2) is 5.69 Å². The summed E-state index contributed by atoms with van der Waals surface area (Å²) in [6.45, 7) is 6.66. The Bertz CT molecular complexity index is 1200. The smallest absolute Gasteiger partial charge is 0.280 e. The zero-order valence-corrected chi connectivity index (χ0v) is 19.3. The van der Waals surface area contributed by atoms with Gasteiger partial charge in [-0.2, -0.15) is 0 Å². The molecule has 0 bridgehead atoms. The maximum absolute atomic E-state index is 13.6. The van der Waals surface area contributed by atoms with Crippen LogP contribution < -0.4 is 9.80 Å². The van der Waals surface area contributed by atoms with Crippen LogP contribution in [0, 0.1) is 5.82 Å². The fraction of sp³-hybridized carbons (Fsp3) is 0.231. The van der Waals surface area contributed by atoms with Gasteiger partial charge < -0.3 is 9.80 Å². The van der Waals surface area contributed by atoms with Crippen molar-refractivity contribution in [1.29, 1.82) is 0 Å². The van der Waals surface area contributed by atoms with Crippen molar-refractivity contribution >= 4 is 17.4 Å². The van der Waals surface area contributed by atoms with Gasteiger partial charge in [-0.3, -0.25) is 4.79 Å². The summed E-state index contributed by atoms with van der Waals surface area (Å²) in [6, 6.07) is 19.6. The Morgan fingerprint density at radius 1 is 0.941 bits per heavy atom. The summed E-state index contributed by atoms with van der Waals surface area (Å²) >= 11 is 0. The van der Waals surface area contributed by atoms with E-state index in [1.807, 2.05) is 42.5 Å². The first-order chi connectivity index (χ1) is 16.6. The summed E-state index contributed by atoms with van der Waals surface area (Å²) < 4.78 is 15.2. The first-order valence-electron chi connectivity index (χ1n) is 11.3. The van der Waals surface area contributed by atoms with Gasteiger partial charge in [0.1, 0.15) is 11.6 Å². The number of carbonyl (C=O) groups excluding carboxylic acids is 1. The number of amides is 1. The van der Waals surface area contributed by atoms with Crippen molar-refractivity contribution in [2.75, 3.05) is 22.9 Å². The molecule has 0 saturated heterocycles. The van der Waals surface area contributed by atoms with Crippen molar-refractivity contribution in [1.82, 2.24) is 20.0 Å². The van der Waals surface area contributed by atoms with Crippen LogP contribution in [0.15, 0.2) is 79.1 Å². The van der Waals surface area contributed by atoms with Crippen LogP contribution >= 0.6 is 0 Å². The number of rotatable bonds is 9. The van der Waals surface area contributed by atoms with E-state index in [1.54, 1.807) is 34.1 Å². The van der Waals surface area contributed by atoms with Crippen LogP contribution in [0.4, 0.5) is 15.9 Å². The normalized spacial score (nSPS) is 10.8. The number of hydrogen-bond acceptors (Lipinski definition) is 5. The van der Waals surface area contributed by atoms with Gasteiger partial charge in [-0.05, 0) is 55.3 Å². The molecule has 2 aromatic heterocycles. The van der Waals surface area contributed by atoms with Crippen molar-refractivity contribution in [2.24, 2.45) is 0 Å². The second-order valence-corrected chi connectivity index (χ2v) is 7.85. The van der Waals surface area contributed by atoms with Gasteiger partial charge in [0.25, 0.3) is 5.91 Å². The lowest BCUT2D eigenvalue weighted by Crippen LogP contribution is -2.31. The topological polar surface area (TPSA) is 67.2 Å². The maximum Gasteiger partial charge on any atom is 0.280 e. The third-order valence-electron chi connectivity index (χ3n) is 5.57. The first kappa shape index (κ1) is 23.1. The number of nitrogens with zero attached hydrogens (tertiary/aromatic N) is 6. The van der Waals surface area contributed by atoms with E-state index in [0.717, 1.165) is 30.0 Å². The number of carbonyl (C=O) groups is 1. The van der Waals surface area contributed by atoms with Crippen molar-refractivity contribution in [3.05, 3.63) is 102 Å². The van der Waals surface area contributed by atoms with Crippen molar-refractivity contribution in [2.45, 2.75) is 26.9 Å². The van der Waals surface area contributed by atoms with Crippen molar-refractivity contribution in [3.8, 4) is 0 Å². The lowest BCUT2D eigenvalue weighted by atomic mass is 10.2. The van der Waals surface area contributed by atoms with Crippen LogP contribution in [0.3, 0.4) is 0 Å². The third kappa shape index (κ3) is 5.46. The van der Waals surface area contributed by atoms with E-state index >= 15 is 0 Å². The van der Waals surface area contributed by atoms with Gasteiger partial charge in [-0.1, -0.05) is 41.6 Å². The van der Waals surface area contributed by atoms with Crippen LogP contribution in [-0.4, -0.2) is 39.0 Å². The minimum absolute atomic E-state index is 0.216. The summed E-state index contributed by atoms with van der Waals surface area (Å²) in [6.07, 6.45) is 3.40. The molecule has 4 rings (SSSR count). The van der Waals surface area contributed by atoms with E-state index in [1.165, 1.54) is 12.1 Å². The molecule has 7 nitrogen and oxygen atoms in total. The number of pyridine rings is 1. The third-order valence-corrected chi connectivity index (χ3v) is 5.57. The molecule has 0 spiro atoms. The molecule has 2 heterocycles. The van der Waals surface area contributed by atoms with Crippen LogP contribution in [0.2, 0.25) is 0 Å². The van der Waals surface area contributed by atoms with E-state index in [-0.39, 0.29) is 24.0 Å². The number of anilines is 2. The highest BCUT2D eigenvalue weighted by molar-refractivity contribution is 6.04. The quantitative estimate of drug-likeness (QED) is 0.368. The minimum atomic E-state index is -0.366. The monoisotopic (exact) mass is 458 g/mol. The molecular formula is C26H27FN6O. The fourth-order valence-corrected chi connectivity index (χ4v) is 3.71. The molecule has 0 atom stereocenters. The standard InChI is InChI=1S/C26H27FN6O/c1-3-31(4-2)25-15-10-21(16-28-25)18-33(23-13-11-22(27)12-14-23)26(34)24-19-32(30-29-24)17-20-8-6-5-7-9-20/h5-16,19H,3-4,17-18H2,1-2H3. The zero-order chi connectivity index (χ0) is 23.9. The lowest BCUT2D eigenvalue weighted by molar-refractivity contribution is 0.0980. The van der Waals surface area contributed by atoms with Crippen LogP contribution in [0.1, 0.15) is 35.5 Å². The predicted octanol–water partition coefficient (Wildman–Crippen LogP) is 4.55. The van der Waals surface area contributed by atoms with E-state index < -0.39 is 0 Å². The summed E-state index contributed by atoms with van der Waals surface area (Å²) in [5, 5.41) is 8.22. The van der Waals surface area contributed by atoms with Crippen molar-refractivity contribution in [3.63, 3.8) is 0 Å². The molecule has 8 heteroatoms. The fourth-order valence-electron chi connectivity index (χ4n) is 3.71. The molecular weight excluding hydrogens is 431 g/mol. The molecule has 0 aliphatic carbocycles. The van der Waals surface area contributed by atoms with Gasteiger partial charge in [0.05, 0.1) is 19.3 Å². The Kier molecular flexibility index (Phi) is 7.27. The van der Waals surface area contributed by atoms with E-state index in [4.69, 9.17) is 0 Å². The highest BCUT2D eigenvalue weighted by Gasteiger charge is 2.22. The number of halogens is 1. The van der Waals surface area contributed by atoms with Gasteiger partial charge >= 0.3 is 0 Å². The molecule has 0 N–H and O–H groups in total. The highest BCUT2D eigenvalue weighted by atomic mass is 19.1. The van der Waals surface area contributed by atoms with Crippen molar-refractivity contribution < 1.29 is 9.18 Å². The molecule has 2 aromatic carbocycles. The molecule has 0 unspecified atom stereocenters. The number of benzene rings is 2. The van der Waals surface area contributed by atoms with Crippen LogP contribution in [-0.2, 0) is 13.1 Å². The molecule has 0 saturated carbocycles. The second-order valence-electron chi connectivity index (χ2n) is 7.85. The maximum atomic E-state index is 13.6. The molecule has 34 heavy (non-hydrogen) atoms. The molecule has 0 aliphatic rings. The summed E-state index contributed by atoms with van der Waals surface area (Å²) in [5.74, 6) is 0.200. The Labute approximate surface area is 198 Å². The van der Waals surface area contributed by atoms with Crippen LogP contribution in [0.25, 0.3) is 0 Å². The Morgan fingerprint density at radius 3 is 2.32 bits per heavy atom. The average molecular weight is 459 g/mol. The zero-order valence-electron chi connectivity index (χ0n) is 19.3. The van der Waals surface area contributed by atoms with E-state index in [9.17, 15) is 9.18 Å². The van der Waals surface area contributed by atoms with E-state index in [2.05, 4.69) is 34.0 Å². The minimum Gasteiger partial charge on any atom is -0.357 e. The second kappa shape index (κ2) is 10.7. The van der Waals surface area contributed by atoms with E-state index in [0.29, 0.717) is 12.2 Å². The van der Waals surface area contributed by atoms with Gasteiger partial charge in [-0.25, -0.2) is 14.1 Å². The molecule has 0 fully saturated rings. The molecule has 0 radical (unpaired) electrons. The van der Waals surface area contributed by atoms with Gasteiger partial charge in [0.2, 0.25) is 0 Å². The number of hydrogen-bond donors (Lipinski definition) is 0. The number of aromatic nitrogens is 4. The Balaban J connectivity index is 1.58. The Morgan fingerprint density at radius 2 is 1.68 bits per heavy atom.